The largest absolute Gasteiger partial charge is 0.491 e. The van der Waals surface area contributed by atoms with E-state index in [1.165, 1.54) is 71.0 Å². The van der Waals surface area contributed by atoms with Gasteiger partial charge in [-0.2, -0.15) is 74.6 Å². The van der Waals surface area contributed by atoms with Gasteiger partial charge in [0.25, 0.3) is 0 Å². The van der Waals surface area contributed by atoms with Crippen molar-refractivity contribution in [2.24, 2.45) is 5.92 Å². The third kappa shape index (κ3) is 12.1. The number of rotatable bonds is 24. The molecule has 0 aliphatic heterocycles. The minimum Gasteiger partial charge on any atom is -0.491 e. The number of carbonyl (C=O) groups is 2. The van der Waals surface area contributed by atoms with E-state index < -0.39 is 134 Å². The minimum atomic E-state index is -8.72. The van der Waals surface area contributed by atoms with Crippen molar-refractivity contribution < 1.29 is 112 Å². The van der Waals surface area contributed by atoms with E-state index in [4.69, 9.17) is 18.6 Å². The molecule has 2 aromatic rings. The molecule has 1 amide bonds. The quantitative estimate of drug-likeness (QED) is 0.0282. The van der Waals surface area contributed by atoms with Crippen LogP contribution in [0.1, 0.15) is 52.7 Å². The maximum absolute atomic E-state index is 15.0. The molecule has 0 saturated heterocycles. The van der Waals surface area contributed by atoms with Gasteiger partial charge in [0.2, 0.25) is 0 Å². The number of carbonyl (C=O) groups excluding carboxylic acids is 2. The maximum atomic E-state index is 15.0. The highest BCUT2D eigenvalue weighted by Crippen LogP contribution is 2.64. The maximum Gasteiger partial charge on any atom is 0.460 e. The molecule has 2 atom stereocenters. The monoisotopic (exact) mass is 1020 g/mol. The zero-order chi connectivity index (χ0) is 52.0. The van der Waals surface area contributed by atoms with Crippen molar-refractivity contribution in [2.75, 3.05) is 25.1 Å². The van der Waals surface area contributed by atoms with Gasteiger partial charge in [-0.05, 0) is 47.0 Å². The third-order valence-corrected chi connectivity index (χ3v) is 15.9. The van der Waals surface area contributed by atoms with Crippen molar-refractivity contribution in [3.8, 4) is 5.75 Å². The van der Waals surface area contributed by atoms with Crippen LogP contribution >= 0.6 is 0 Å². The number of hydrogen-bond donors (Lipinski definition) is 1. The van der Waals surface area contributed by atoms with Gasteiger partial charge in [-0.25, -0.2) is 18.4 Å². The van der Waals surface area contributed by atoms with Crippen LogP contribution in [0, 0.1) is 17.6 Å². The van der Waals surface area contributed by atoms with E-state index in [1.807, 2.05) is 0 Å². The van der Waals surface area contributed by atoms with E-state index in [9.17, 15) is 93.0 Å². The molecule has 0 fully saturated rings. The number of nitrogens with one attached hydrogen (secondary N) is 1. The second kappa shape index (κ2) is 21.3. The van der Waals surface area contributed by atoms with Crippen LogP contribution in [0.5, 0.6) is 5.75 Å². The molecule has 0 aromatic heterocycles. The molecule has 380 valence electrons. The van der Waals surface area contributed by atoms with Crippen molar-refractivity contribution >= 4 is 26.1 Å². The molecular weight excluding hydrogens is 979 g/mol. The van der Waals surface area contributed by atoms with E-state index in [1.54, 1.807) is 0 Å². The van der Waals surface area contributed by atoms with Crippen LogP contribution in [0.4, 0.5) is 93.9 Å². The molecule has 0 bridgehead atoms. The Labute approximate surface area is 370 Å². The van der Waals surface area contributed by atoms with Crippen LogP contribution in [0.2, 0.25) is 17.1 Å². The Morgan fingerprint density at radius 3 is 1.69 bits per heavy atom. The molecule has 2 aromatic carbocycles. The summed E-state index contributed by atoms with van der Waals surface area (Å²) >= 11 is 0. The normalized spacial score (nSPS) is 14.9. The molecule has 0 saturated carbocycles. The van der Waals surface area contributed by atoms with Crippen LogP contribution < -0.4 is 10.1 Å². The Morgan fingerprint density at radius 2 is 1.21 bits per heavy atom. The van der Waals surface area contributed by atoms with E-state index in [-0.39, 0.29) is 17.9 Å². The summed E-state index contributed by atoms with van der Waals surface area (Å²) in [5, 5.41) is 2.10. The number of hydrogen-bond acceptors (Lipinski definition) is 6. The highest BCUT2D eigenvalue weighted by molar-refractivity contribution is 6.76. The first-order valence-electron chi connectivity index (χ1n) is 19.3. The van der Waals surface area contributed by atoms with Gasteiger partial charge in [0.15, 0.2) is 8.32 Å². The summed E-state index contributed by atoms with van der Waals surface area (Å²) in [4.78, 5) is 24.8. The first-order valence-corrected chi connectivity index (χ1v) is 21.6. The summed E-state index contributed by atoms with van der Waals surface area (Å²) in [6.07, 6.45) is -9.32. The summed E-state index contributed by atoms with van der Waals surface area (Å²) < 4.78 is 285. The van der Waals surface area contributed by atoms with Crippen LogP contribution in [0.25, 0.3) is 0 Å². The molecule has 0 aliphatic carbocycles. The zero-order valence-electron chi connectivity index (χ0n) is 35.5. The number of esters is 1. The topological polar surface area (TPSA) is 83.1 Å². The van der Waals surface area contributed by atoms with Crippen molar-refractivity contribution in [1.29, 1.82) is 0 Å². The lowest BCUT2D eigenvalue weighted by Crippen LogP contribution is -2.74. The Balaban J connectivity index is 2.32. The summed E-state index contributed by atoms with van der Waals surface area (Å²) in [6.45, 7) is 8.80. The van der Waals surface area contributed by atoms with Crippen molar-refractivity contribution in [3.05, 3.63) is 84.5 Å². The smallest absolute Gasteiger partial charge is 0.460 e. The number of ether oxygens (including phenoxy) is 3. The van der Waals surface area contributed by atoms with Gasteiger partial charge < -0.3 is 18.6 Å². The molecule has 0 radical (unpaired) electrons. The van der Waals surface area contributed by atoms with Gasteiger partial charge in [0.05, 0.1) is 12.3 Å². The second-order valence-corrected chi connectivity index (χ2v) is 20.4. The van der Waals surface area contributed by atoms with Crippen molar-refractivity contribution in [3.63, 3.8) is 0 Å². The fraction of sp³-hybridized carbons (Fsp3) is 0.550. The number of anilines is 1. The summed E-state index contributed by atoms with van der Waals surface area (Å²) in [7, 11) is -4.06. The molecule has 0 spiro atoms. The lowest BCUT2D eigenvalue weighted by atomic mass is 9.88. The molecule has 0 aliphatic rings. The summed E-state index contributed by atoms with van der Waals surface area (Å²) in [6, 6.07) is 6.14. The Kier molecular flexibility index (Phi) is 18.6. The van der Waals surface area contributed by atoms with E-state index in [0.717, 1.165) is 18.2 Å². The van der Waals surface area contributed by atoms with E-state index in [2.05, 4.69) is 11.9 Å². The number of alkyl halides is 17. The number of halogens is 19. The zero-order valence-corrected chi connectivity index (χ0v) is 36.5. The fourth-order valence-electron chi connectivity index (χ4n) is 6.35. The van der Waals surface area contributed by atoms with Gasteiger partial charge in [-0.1, -0.05) is 65.5 Å². The molecule has 67 heavy (non-hydrogen) atoms. The van der Waals surface area contributed by atoms with Gasteiger partial charge in [0.1, 0.15) is 36.7 Å². The number of amides is 1. The fourth-order valence-corrected chi connectivity index (χ4v) is 10.8. The van der Waals surface area contributed by atoms with E-state index in [0.29, 0.717) is 6.07 Å². The Bertz CT molecular complexity index is 2020. The SMILES string of the molecule is C=CCOC(=O)/C=C/[C@@H](C)[C@@H](OC(=O)Nc1ccc(F)cc1F)c1ccc(OCCO[Si](CCC(F)(F)C(F)(F)C(F)(F)C(F)(F)C(F)(F)C(F)(F)C(F)(F)C(F)(F)F)(C(C)C)C(C)C)cc1. The van der Waals surface area contributed by atoms with E-state index >= 15 is 0 Å². The molecule has 27 heteroatoms. The molecule has 0 heterocycles. The average Bonchev–Trinajstić information content (AvgIpc) is 3.21. The molecular formula is C40H42F19NO6Si. The first-order chi connectivity index (χ1) is 30.3. The molecule has 2 rings (SSSR count). The van der Waals surface area contributed by atoms with Crippen LogP contribution in [0.15, 0.2) is 67.3 Å². The van der Waals surface area contributed by atoms with Crippen molar-refractivity contribution in [1.82, 2.24) is 0 Å². The van der Waals surface area contributed by atoms with Gasteiger partial charge in [-0.15, -0.1) is 0 Å². The number of benzene rings is 2. The lowest BCUT2D eigenvalue weighted by Gasteiger charge is -2.44. The summed E-state index contributed by atoms with van der Waals surface area (Å²) in [5.74, 6) is -60.7. The Morgan fingerprint density at radius 1 is 0.701 bits per heavy atom. The van der Waals surface area contributed by atoms with Gasteiger partial charge in [-0.3, -0.25) is 5.32 Å². The molecule has 7 nitrogen and oxygen atoms in total. The standard InChI is InChI=1S/C40H42F19NO6Si/c1-7-17-64-30(61)15-8-24(6)31(66-32(62)60-29-14-11-26(41)21-28(29)42)25-9-12-27(13-10-25)63-18-19-65-67(22(2)3,23(4)5)20-16-33(43,44)34(45,46)35(47,48)36(49,50)37(51,52)38(53,54)39(55,56)40(57,58)59/h7-15,21-24,31H,1,16-20H2,2-6H3,(H,60,62)/b15-8+/t24-,31-/m1/s1. The van der Waals surface area contributed by atoms with Gasteiger partial charge >= 0.3 is 59.7 Å². The average molecular weight is 1020 g/mol. The van der Waals surface area contributed by atoms with Crippen LogP contribution in [-0.2, 0) is 18.7 Å². The molecule has 1 N–H and O–H groups in total. The van der Waals surface area contributed by atoms with Crippen molar-refractivity contribution in [2.45, 2.75) is 112 Å². The Hall–Kier alpha value is -4.69. The van der Waals surface area contributed by atoms with Crippen LogP contribution in [-0.4, -0.2) is 87.8 Å². The lowest BCUT2D eigenvalue weighted by molar-refractivity contribution is -0.461. The summed E-state index contributed by atoms with van der Waals surface area (Å²) in [5.41, 5.74) is -2.10. The highest BCUT2D eigenvalue weighted by Gasteiger charge is 2.95. The third-order valence-electron chi connectivity index (χ3n) is 10.3. The predicted octanol–water partition coefficient (Wildman–Crippen LogP) is 13.7. The van der Waals surface area contributed by atoms with Crippen LogP contribution in [0.3, 0.4) is 0 Å². The van der Waals surface area contributed by atoms with Gasteiger partial charge in [0, 0.05) is 24.5 Å². The predicted molar refractivity (Wildman–Crippen MR) is 203 cm³/mol. The second-order valence-electron chi connectivity index (χ2n) is 15.4. The first kappa shape index (κ1) is 58.4. The highest BCUT2D eigenvalue weighted by atomic mass is 28.4. The minimum absolute atomic E-state index is 0.0196. The molecule has 0 unspecified atom stereocenters.